The largest absolute Gasteiger partial charge is 0.481 e. The van der Waals surface area contributed by atoms with Crippen LogP contribution in [0.1, 0.15) is 37.8 Å². The second-order valence-corrected chi connectivity index (χ2v) is 10.1. The topological polar surface area (TPSA) is 90.9 Å². The monoisotopic (exact) mass is 478 g/mol. The third-order valence-corrected chi connectivity index (χ3v) is 7.46. The SMILES string of the molecule is CC(C)(C(=O)O)c1ccc(-c2ncc3c(ccn3CC3CCNCC3)c2-c2ccc(C#N)cc2)cc1. The summed E-state index contributed by atoms with van der Waals surface area (Å²) in [6.07, 6.45) is 6.46. The summed E-state index contributed by atoms with van der Waals surface area (Å²) in [6, 6.07) is 19.6. The van der Waals surface area contributed by atoms with Crippen molar-refractivity contribution >= 4 is 16.9 Å². The number of carboxylic acid groups (broad SMARTS) is 1. The van der Waals surface area contributed by atoms with E-state index in [1.54, 1.807) is 13.8 Å². The number of nitrogens with zero attached hydrogens (tertiary/aromatic N) is 3. The normalized spacial score (nSPS) is 14.6. The Kier molecular flexibility index (Phi) is 6.34. The minimum Gasteiger partial charge on any atom is -0.481 e. The lowest BCUT2D eigenvalue weighted by Crippen LogP contribution is -2.29. The van der Waals surface area contributed by atoms with Gasteiger partial charge in [0, 0.05) is 29.3 Å². The number of carbonyl (C=O) groups is 1. The number of piperidine rings is 1. The van der Waals surface area contributed by atoms with Gasteiger partial charge in [-0.25, -0.2) is 0 Å². The average molecular weight is 479 g/mol. The fourth-order valence-corrected chi connectivity index (χ4v) is 5.05. The number of hydrogen-bond donors (Lipinski definition) is 2. The van der Waals surface area contributed by atoms with Gasteiger partial charge in [-0.3, -0.25) is 9.78 Å². The Labute approximate surface area is 211 Å². The minimum atomic E-state index is -0.974. The van der Waals surface area contributed by atoms with E-state index in [4.69, 9.17) is 4.98 Å². The van der Waals surface area contributed by atoms with Crippen molar-refractivity contribution in [1.82, 2.24) is 14.9 Å². The summed E-state index contributed by atoms with van der Waals surface area (Å²) in [6.45, 7) is 6.52. The van der Waals surface area contributed by atoms with Crippen molar-refractivity contribution in [2.45, 2.75) is 38.6 Å². The van der Waals surface area contributed by atoms with Crippen molar-refractivity contribution in [3.8, 4) is 28.5 Å². The number of nitriles is 1. The summed E-state index contributed by atoms with van der Waals surface area (Å²) in [5.74, 6) is -0.215. The molecule has 1 fully saturated rings. The van der Waals surface area contributed by atoms with Gasteiger partial charge in [0.2, 0.25) is 0 Å². The number of benzene rings is 2. The third kappa shape index (κ3) is 4.38. The number of nitrogens with one attached hydrogen (secondary N) is 1. The summed E-state index contributed by atoms with van der Waals surface area (Å²) in [5.41, 5.74) is 5.26. The predicted octanol–water partition coefficient (Wildman–Crippen LogP) is 5.60. The molecule has 2 N–H and O–H groups in total. The molecule has 1 saturated heterocycles. The molecular formula is C30H30N4O2. The zero-order valence-electron chi connectivity index (χ0n) is 20.7. The highest BCUT2D eigenvalue weighted by Crippen LogP contribution is 2.38. The van der Waals surface area contributed by atoms with Crippen LogP contribution in [-0.4, -0.2) is 33.7 Å². The van der Waals surface area contributed by atoms with Crippen molar-refractivity contribution in [3.05, 3.63) is 78.1 Å². The van der Waals surface area contributed by atoms with Gasteiger partial charge in [-0.2, -0.15) is 5.26 Å². The van der Waals surface area contributed by atoms with Gasteiger partial charge in [-0.05, 0) is 75.0 Å². The molecule has 0 radical (unpaired) electrons. The molecular weight excluding hydrogens is 448 g/mol. The summed E-state index contributed by atoms with van der Waals surface area (Å²) >= 11 is 0. The van der Waals surface area contributed by atoms with E-state index in [1.807, 2.05) is 54.7 Å². The van der Waals surface area contributed by atoms with Crippen LogP contribution in [0.25, 0.3) is 33.3 Å². The van der Waals surface area contributed by atoms with Crippen LogP contribution >= 0.6 is 0 Å². The van der Waals surface area contributed by atoms with Crippen LogP contribution in [0.2, 0.25) is 0 Å². The molecule has 2 aromatic heterocycles. The zero-order valence-corrected chi connectivity index (χ0v) is 20.7. The molecule has 2 aromatic carbocycles. The molecule has 0 atom stereocenters. The fraction of sp³-hybridized carbons (Fsp3) is 0.300. The van der Waals surface area contributed by atoms with E-state index in [0.717, 1.165) is 58.5 Å². The van der Waals surface area contributed by atoms with Crippen molar-refractivity contribution in [3.63, 3.8) is 0 Å². The fourth-order valence-electron chi connectivity index (χ4n) is 5.05. The number of rotatable bonds is 6. The van der Waals surface area contributed by atoms with E-state index in [9.17, 15) is 15.2 Å². The highest BCUT2D eigenvalue weighted by Gasteiger charge is 2.29. The maximum Gasteiger partial charge on any atom is 0.313 e. The van der Waals surface area contributed by atoms with Gasteiger partial charge in [0.1, 0.15) is 0 Å². The first-order valence-electron chi connectivity index (χ1n) is 12.4. The number of hydrogen-bond acceptors (Lipinski definition) is 4. The molecule has 0 spiro atoms. The van der Waals surface area contributed by atoms with E-state index < -0.39 is 11.4 Å². The van der Waals surface area contributed by atoms with Gasteiger partial charge in [0.25, 0.3) is 0 Å². The number of carboxylic acids is 1. The highest BCUT2D eigenvalue weighted by atomic mass is 16.4. The third-order valence-electron chi connectivity index (χ3n) is 7.46. The quantitative estimate of drug-likeness (QED) is 0.376. The van der Waals surface area contributed by atoms with Crippen LogP contribution in [0.15, 0.2) is 67.0 Å². The van der Waals surface area contributed by atoms with Crippen LogP contribution in [0, 0.1) is 17.2 Å². The Hall–Kier alpha value is -3.95. The summed E-state index contributed by atoms with van der Waals surface area (Å²) in [5, 5.41) is 23.5. The Morgan fingerprint density at radius 1 is 1.08 bits per heavy atom. The van der Waals surface area contributed by atoms with E-state index in [2.05, 4.69) is 28.2 Å². The highest BCUT2D eigenvalue weighted by molar-refractivity contribution is 6.01. The Morgan fingerprint density at radius 3 is 2.39 bits per heavy atom. The Morgan fingerprint density at radius 2 is 1.75 bits per heavy atom. The molecule has 6 nitrogen and oxygen atoms in total. The molecule has 0 unspecified atom stereocenters. The molecule has 6 heteroatoms. The second-order valence-electron chi connectivity index (χ2n) is 10.1. The van der Waals surface area contributed by atoms with E-state index in [1.165, 1.54) is 12.8 Å². The zero-order chi connectivity index (χ0) is 25.3. The number of fused-ring (bicyclic) bond motifs is 1. The first kappa shape index (κ1) is 23.8. The first-order valence-corrected chi connectivity index (χ1v) is 12.4. The molecule has 36 heavy (non-hydrogen) atoms. The molecule has 4 aromatic rings. The molecule has 1 aliphatic heterocycles. The second kappa shape index (κ2) is 9.60. The van der Waals surface area contributed by atoms with Crippen LogP contribution in [0.3, 0.4) is 0 Å². The molecule has 182 valence electrons. The lowest BCUT2D eigenvalue weighted by molar-refractivity contribution is -0.142. The molecule has 0 saturated carbocycles. The van der Waals surface area contributed by atoms with Crippen molar-refractivity contribution < 1.29 is 9.90 Å². The predicted molar refractivity (Wildman–Crippen MR) is 142 cm³/mol. The lowest BCUT2D eigenvalue weighted by Gasteiger charge is -2.23. The average Bonchev–Trinajstić information content (AvgIpc) is 3.31. The minimum absolute atomic E-state index is 0.615. The van der Waals surface area contributed by atoms with Gasteiger partial charge in [0.05, 0.1) is 34.5 Å². The van der Waals surface area contributed by atoms with Crippen LogP contribution in [0.4, 0.5) is 0 Å². The standard InChI is InChI=1S/C30H30N4O2/c1-30(2,29(35)36)24-9-7-23(8-10-24)28-27(22-5-3-20(17-31)4-6-22)25-13-16-34(26(25)18-33-28)19-21-11-14-32-15-12-21/h3-10,13,16,18,21,32H,11-12,14-15,19H2,1-2H3,(H,35,36). The van der Waals surface area contributed by atoms with E-state index in [-0.39, 0.29) is 0 Å². The maximum atomic E-state index is 11.7. The van der Waals surface area contributed by atoms with Crippen molar-refractivity contribution in [2.75, 3.05) is 13.1 Å². The van der Waals surface area contributed by atoms with Crippen molar-refractivity contribution in [1.29, 1.82) is 5.26 Å². The maximum absolute atomic E-state index is 11.7. The van der Waals surface area contributed by atoms with Gasteiger partial charge in [-0.15, -0.1) is 0 Å². The Bertz CT molecular complexity index is 1440. The molecule has 0 amide bonds. The summed E-state index contributed by atoms with van der Waals surface area (Å²) < 4.78 is 2.31. The smallest absolute Gasteiger partial charge is 0.313 e. The summed E-state index contributed by atoms with van der Waals surface area (Å²) in [4.78, 5) is 16.7. The Balaban J connectivity index is 1.62. The van der Waals surface area contributed by atoms with E-state index in [0.29, 0.717) is 11.5 Å². The molecule has 5 rings (SSSR count). The number of pyridine rings is 1. The van der Waals surface area contributed by atoms with Gasteiger partial charge < -0.3 is 15.0 Å². The number of aromatic nitrogens is 2. The van der Waals surface area contributed by atoms with E-state index >= 15 is 0 Å². The molecule has 0 bridgehead atoms. The van der Waals surface area contributed by atoms with Gasteiger partial charge in [0.15, 0.2) is 0 Å². The molecule has 1 aliphatic rings. The molecule has 3 heterocycles. The van der Waals surface area contributed by atoms with Gasteiger partial charge in [-0.1, -0.05) is 36.4 Å². The van der Waals surface area contributed by atoms with Crippen molar-refractivity contribution in [2.24, 2.45) is 5.92 Å². The number of aliphatic carboxylic acids is 1. The van der Waals surface area contributed by atoms with Crippen LogP contribution < -0.4 is 5.32 Å². The van der Waals surface area contributed by atoms with Crippen LogP contribution in [-0.2, 0) is 16.8 Å². The lowest BCUT2D eigenvalue weighted by atomic mass is 9.84. The first-order chi connectivity index (χ1) is 17.4. The molecule has 0 aliphatic carbocycles. The summed E-state index contributed by atoms with van der Waals surface area (Å²) in [7, 11) is 0. The van der Waals surface area contributed by atoms with Gasteiger partial charge >= 0.3 is 5.97 Å². The van der Waals surface area contributed by atoms with Crippen LogP contribution in [0.5, 0.6) is 0 Å².